The normalized spacial score (nSPS) is 16.8. The van der Waals surface area contributed by atoms with Crippen molar-refractivity contribution in [2.24, 2.45) is 5.92 Å². The van der Waals surface area contributed by atoms with Gasteiger partial charge in [0, 0.05) is 30.9 Å². The van der Waals surface area contributed by atoms with Gasteiger partial charge in [0.1, 0.15) is 0 Å². The van der Waals surface area contributed by atoms with Gasteiger partial charge in [0.05, 0.1) is 5.92 Å². The van der Waals surface area contributed by atoms with Gasteiger partial charge in [-0.25, -0.2) is 0 Å². The Labute approximate surface area is 155 Å². The first-order valence-corrected chi connectivity index (χ1v) is 9.30. The second kappa shape index (κ2) is 7.73. The number of hydrogen-bond donors (Lipinski definition) is 0. The molecule has 1 fully saturated rings. The van der Waals surface area contributed by atoms with Crippen molar-refractivity contribution in [1.29, 1.82) is 0 Å². The Morgan fingerprint density at radius 1 is 1.15 bits per heavy atom. The van der Waals surface area contributed by atoms with E-state index in [1.54, 1.807) is 9.80 Å². The standard InChI is InChI=1S/C22H26N2O2/c1-4-17-9-11-19(12-10-17)24-15-18(14-21(24)25)22(26)23(5-2)20-8-6-7-16(3)13-20/h6-13,18H,4-5,14-15H2,1-3H3/t18-/m0/s1. The van der Waals surface area contributed by atoms with Crippen LogP contribution in [0.3, 0.4) is 0 Å². The lowest BCUT2D eigenvalue weighted by atomic mass is 10.1. The summed E-state index contributed by atoms with van der Waals surface area (Å²) in [6.45, 7) is 7.14. The van der Waals surface area contributed by atoms with E-state index in [2.05, 4.69) is 6.92 Å². The number of aryl methyl sites for hydroxylation is 2. The highest BCUT2D eigenvalue weighted by atomic mass is 16.2. The van der Waals surface area contributed by atoms with Gasteiger partial charge in [-0.05, 0) is 55.7 Å². The molecule has 1 atom stereocenters. The minimum Gasteiger partial charge on any atom is -0.312 e. The fourth-order valence-corrected chi connectivity index (χ4v) is 3.52. The number of anilines is 2. The SMILES string of the molecule is CCc1ccc(N2C[C@@H](C(=O)N(CC)c3cccc(C)c3)CC2=O)cc1. The fraction of sp³-hybridized carbons (Fsp3) is 0.364. The summed E-state index contributed by atoms with van der Waals surface area (Å²) in [6.07, 6.45) is 1.24. The van der Waals surface area contributed by atoms with Crippen molar-refractivity contribution in [2.45, 2.75) is 33.6 Å². The van der Waals surface area contributed by atoms with Crippen molar-refractivity contribution >= 4 is 23.2 Å². The third-order valence-electron chi connectivity index (χ3n) is 5.03. The molecule has 2 aromatic rings. The summed E-state index contributed by atoms with van der Waals surface area (Å²) >= 11 is 0. The average molecular weight is 350 g/mol. The molecule has 4 heteroatoms. The van der Waals surface area contributed by atoms with Crippen LogP contribution in [0.2, 0.25) is 0 Å². The van der Waals surface area contributed by atoms with E-state index in [-0.39, 0.29) is 24.2 Å². The van der Waals surface area contributed by atoms with Crippen LogP contribution in [0, 0.1) is 12.8 Å². The summed E-state index contributed by atoms with van der Waals surface area (Å²) in [5.74, 6) is -0.249. The maximum absolute atomic E-state index is 13.1. The molecule has 2 amide bonds. The van der Waals surface area contributed by atoms with Crippen LogP contribution in [0.1, 0.15) is 31.4 Å². The number of carbonyl (C=O) groups is 2. The first kappa shape index (κ1) is 18.2. The van der Waals surface area contributed by atoms with E-state index in [1.807, 2.05) is 62.4 Å². The van der Waals surface area contributed by atoms with Gasteiger partial charge in [0.2, 0.25) is 11.8 Å². The van der Waals surface area contributed by atoms with Crippen LogP contribution in [0.5, 0.6) is 0 Å². The van der Waals surface area contributed by atoms with Gasteiger partial charge in [-0.1, -0.05) is 31.2 Å². The molecule has 0 bridgehead atoms. The monoisotopic (exact) mass is 350 g/mol. The summed E-state index contributed by atoms with van der Waals surface area (Å²) in [5.41, 5.74) is 4.13. The van der Waals surface area contributed by atoms with Crippen LogP contribution >= 0.6 is 0 Å². The smallest absolute Gasteiger partial charge is 0.232 e. The Morgan fingerprint density at radius 2 is 1.88 bits per heavy atom. The number of amides is 2. The highest BCUT2D eigenvalue weighted by Gasteiger charge is 2.37. The van der Waals surface area contributed by atoms with E-state index in [4.69, 9.17) is 0 Å². The number of nitrogens with zero attached hydrogens (tertiary/aromatic N) is 2. The quantitative estimate of drug-likeness (QED) is 0.819. The first-order chi connectivity index (χ1) is 12.5. The lowest BCUT2D eigenvalue weighted by Gasteiger charge is -2.25. The van der Waals surface area contributed by atoms with Crippen LogP contribution in [0.4, 0.5) is 11.4 Å². The third kappa shape index (κ3) is 3.64. The largest absolute Gasteiger partial charge is 0.312 e. The van der Waals surface area contributed by atoms with Gasteiger partial charge in [-0.15, -0.1) is 0 Å². The minimum absolute atomic E-state index is 0.0212. The molecule has 0 spiro atoms. The molecule has 136 valence electrons. The van der Waals surface area contributed by atoms with Crippen molar-refractivity contribution in [3.63, 3.8) is 0 Å². The van der Waals surface area contributed by atoms with E-state index in [9.17, 15) is 9.59 Å². The predicted molar refractivity (Wildman–Crippen MR) is 105 cm³/mol. The van der Waals surface area contributed by atoms with E-state index < -0.39 is 0 Å². The van der Waals surface area contributed by atoms with Gasteiger partial charge < -0.3 is 9.80 Å². The highest BCUT2D eigenvalue weighted by Crippen LogP contribution is 2.28. The third-order valence-corrected chi connectivity index (χ3v) is 5.03. The molecule has 0 aliphatic carbocycles. The van der Waals surface area contributed by atoms with Crippen molar-refractivity contribution in [1.82, 2.24) is 0 Å². The second-order valence-electron chi connectivity index (χ2n) is 6.85. The summed E-state index contributed by atoms with van der Waals surface area (Å²) < 4.78 is 0. The molecule has 0 aromatic heterocycles. The van der Waals surface area contributed by atoms with Crippen molar-refractivity contribution in [2.75, 3.05) is 22.9 Å². The Kier molecular flexibility index (Phi) is 5.40. The molecule has 0 radical (unpaired) electrons. The van der Waals surface area contributed by atoms with Crippen molar-refractivity contribution in [3.8, 4) is 0 Å². The Balaban J connectivity index is 1.77. The van der Waals surface area contributed by atoms with Crippen LogP contribution in [-0.4, -0.2) is 24.9 Å². The molecule has 1 aliphatic rings. The first-order valence-electron chi connectivity index (χ1n) is 9.30. The molecule has 0 unspecified atom stereocenters. The zero-order valence-electron chi connectivity index (χ0n) is 15.7. The second-order valence-corrected chi connectivity index (χ2v) is 6.85. The van der Waals surface area contributed by atoms with Gasteiger partial charge >= 0.3 is 0 Å². The van der Waals surface area contributed by atoms with Gasteiger partial charge in [0.25, 0.3) is 0 Å². The molecule has 4 nitrogen and oxygen atoms in total. The van der Waals surface area contributed by atoms with E-state index in [0.717, 1.165) is 23.4 Å². The van der Waals surface area contributed by atoms with Crippen molar-refractivity contribution < 1.29 is 9.59 Å². The number of carbonyl (C=O) groups excluding carboxylic acids is 2. The predicted octanol–water partition coefficient (Wildman–Crippen LogP) is 3.96. The molecule has 1 aliphatic heterocycles. The van der Waals surface area contributed by atoms with E-state index in [1.165, 1.54) is 5.56 Å². The lowest BCUT2D eigenvalue weighted by Crippen LogP contribution is -2.37. The summed E-state index contributed by atoms with van der Waals surface area (Å²) in [5, 5.41) is 0. The van der Waals surface area contributed by atoms with Gasteiger partial charge in [0.15, 0.2) is 0 Å². The Hall–Kier alpha value is -2.62. The molecule has 2 aromatic carbocycles. The molecule has 3 rings (SSSR count). The summed E-state index contributed by atoms with van der Waals surface area (Å²) in [7, 11) is 0. The molecule has 1 saturated heterocycles. The molecular weight excluding hydrogens is 324 g/mol. The molecule has 1 heterocycles. The minimum atomic E-state index is -0.297. The topological polar surface area (TPSA) is 40.6 Å². The van der Waals surface area contributed by atoms with Crippen LogP contribution < -0.4 is 9.80 Å². The molecule has 0 N–H and O–H groups in total. The Morgan fingerprint density at radius 3 is 2.50 bits per heavy atom. The molecular formula is C22H26N2O2. The fourth-order valence-electron chi connectivity index (χ4n) is 3.52. The number of hydrogen-bond acceptors (Lipinski definition) is 2. The zero-order valence-corrected chi connectivity index (χ0v) is 15.7. The molecule has 26 heavy (non-hydrogen) atoms. The average Bonchev–Trinajstić information content (AvgIpc) is 3.04. The number of rotatable bonds is 5. The number of benzene rings is 2. The van der Waals surface area contributed by atoms with Crippen molar-refractivity contribution in [3.05, 3.63) is 59.7 Å². The van der Waals surface area contributed by atoms with E-state index >= 15 is 0 Å². The summed E-state index contributed by atoms with van der Waals surface area (Å²) in [6, 6.07) is 16.0. The van der Waals surface area contributed by atoms with Gasteiger partial charge in [-0.2, -0.15) is 0 Å². The highest BCUT2D eigenvalue weighted by molar-refractivity contribution is 6.04. The zero-order chi connectivity index (χ0) is 18.7. The van der Waals surface area contributed by atoms with Gasteiger partial charge in [-0.3, -0.25) is 9.59 Å². The van der Waals surface area contributed by atoms with Crippen LogP contribution in [0.25, 0.3) is 0 Å². The Bertz CT molecular complexity index is 798. The maximum atomic E-state index is 13.1. The lowest BCUT2D eigenvalue weighted by molar-refractivity contribution is -0.124. The van der Waals surface area contributed by atoms with Crippen LogP contribution in [0.15, 0.2) is 48.5 Å². The molecule has 0 saturated carbocycles. The van der Waals surface area contributed by atoms with Crippen LogP contribution in [-0.2, 0) is 16.0 Å². The summed E-state index contributed by atoms with van der Waals surface area (Å²) in [4.78, 5) is 29.1. The maximum Gasteiger partial charge on any atom is 0.232 e. The van der Waals surface area contributed by atoms with E-state index in [0.29, 0.717) is 13.1 Å².